The van der Waals surface area contributed by atoms with Gasteiger partial charge in [-0.25, -0.2) is 4.79 Å². The Labute approximate surface area is 272 Å². The van der Waals surface area contributed by atoms with Crippen LogP contribution < -0.4 is 19.5 Å². The molecular weight excluding hydrogens is 596 g/mol. The standard InChI is InChI=1S/C36H36N6O5/c1-4-45-35(43)34-25(2)41(24-26-11-7-5-8-12-26)31-17-16-29(22-30(31)34)46-20-19-37-23-27-15-18-32(33(21-27)44-3)47-36-38-39-40-42(36)28-13-9-6-10-14-28/h5-18,21-22,37H,4,19-20,23-24H2,1-3H3. The number of tetrazole rings is 1. The summed E-state index contributed by atoms with van der Waals surface area (Å²) >= 11 is 0. The lowest BCUT2D eigenvalue weighted by Crippen LogP contribution is -2.20. The van der Waals surface area contributed by atoms with Crippen molar-refractivity contribution in [2.75, 3.05) is 26.9 Å². The van der Waals surface area contributed by atoms with E-state index in [0.29, 0.717) is 55.7 Å². The molecule has 0 unspecified atom stereocenters. The van der Waals surface area contributed by atoms with Crippen LogP contribution in [0.1, 0.15) is 34.1 Å². The van der Waals surface area contributed by atoms with Crippen LogP contribution in [0.2, 0.25) is 0 Å². The first-order valence-electron chi connectivity index (χ1n) is 15.4. The molecule has 0 saturated carbocycles. The molecule has 1 N–H and O–H groups in total. The van der Waals surface area contributed by atoms with Crippen molar-refractivity contribution < 1.29 is 23.7 Å². The SMILES string of the molecule is CCOC(=O)c1c(C)n(Cc2ccccc2)c2ccc(OCCNCc3ccc(Oc4nnnn4-c4ccccc4)c(OC)c3)cc12. The maximum absolute atomic E-state index is 13.0. The van der Waals surface area contributed by atoms with Gasteiger partial charge in [-0.05, 0) is 77.9 Å². The lowest BCUT2D eigenvalue weighted by atomic mass is 10.1. The lowest BCUT2D eigenvalue weighted by Gasteiger charge is -2.12. The van der Waals surface area contributed by atoms with E-state index in [9.17, 15) is 4.79 Å². The highest BCUT2D eigenvalue weighted by atomic mass is 16.5. The van der Waals surface area contributed by atoms with Crippen LogP contribution in [0.5, 0.6) is 23.3 Å². The number of nitrogens with one attached hydrogen (secondary N) is 1. The van der Waals surface area contributed by atoms with Crippen LogP contribution in [-0.4, -0.2) is 57.6 Å². The number of fused-ring (bicyclic) bond motifs is 1. The number of esters is 1. The van der Waals surface area contributed by atoms with Gasteiger partial charge in [-0.1, -0.05) is 59.7 Å². The number of rotatable bonds is 14. The zero-order valence-corrected chi connectivity index (χ0v) is 26.6. The average Bonchev–Trinajstić information content (AvgIpc) is 3.67. The van der Waals surface area contributed by atoms with Gasteiger partial charge in [0, 0.05) is 36.2 Å². The van der Waals surface area contributed by atoms with Crippen molar-refractivity contribution in [2.24, 2.45) is 0 Å². The summed E-state index contributed by atoms with van der Waals surface area (Å²) in [5.41, 5.74) is 5.33. The lowest BCUT2D eigenvalue weighted by molar-refractivity contribution is 0.0527. The van der Waals surface area contributed by atoms with Gasteiger partial charge in [0.15, 0.2) is 11.5 Å². The molecule has 6 aromatic rings. The predicted octanol–water partition coefficient (Wildman–Crippen LogP) is 6.12. The Hall–Kier alpha value is -5.68. The van der Waals surface area contributed by atoms with Crippen molar-refractivity contribution in [1.29, 1.82) is 0 Å². The van der Waals surface area contributed by atoms with Crippen LogP contribution in [-0.2, 0) is 17.8 Å². The maximum atomic E-state index is 13.0. The number of hydrogen-bond donors (Lipinski definition) is 1. The summed E-state index contributed by atoms with van der Waals surface area (Å²) in [5.74, 6) is 1.41. The molecule has 11 nitrogen and oxygen atoms in total. The summed E-state index contributed by atoms with van der Waals surface area (Å²) in [7, 11) is 1.59. The molecular formula is C36H36N6O5. The third-order valence-electron chi connectivity index (χ3n) is 7.71. The summed E-state index contributed by atoms with van der Waals surface area (Å²) in [6.07, 6.45) is 0. The van der Waals surface area contributed by atoms with E-state index in [2.05, 4.69) is 37.5 Å². The quantitative estimate of drug-likeness (QED) is 0.112. The third kappa shape index (κ3) is 7.10. The Bertz CT molecular complexity index is 1960. The Balaban J connectivity index is 1.08. The van der Waals surface area contributed by atoms with E-state index in [1.165, 1.54) is 4.68 Å². The van der Waals surface area contributed by atoms with Crippen molar-refractivity contribution in [3.05, 3.63) is 119 Å². The fraction of sp³-hybridized carbons (Fsp3) is 0.222. The summed E-state index contributed by atoms with van der Waals surface area (Å²) < 4.78 is 26.8. The van der Waals surface area contributed by atoms with Crippen molar-refractivity contribution in [3.8, 4) is 28.9 Å². The Morgan fingerprint density at radius 2 is 1.68 bits per heavy atom. The summed E-state index contributed by atoms with van der Waals surface area (Å²) in [6, 6.07) is 31.5. The molecule has 0 amide bonds. The van der Waals surface area contributed by atoms with Gasteiger partial charge in [0.1, 0.15) is 12.4 Å². The zero-order valence-electron chi connectivity index (χ0n) is 26.6. The minimum absolute atomic E-state index is 0.230. The molecule has 4 aromatic carbocycles. The minimum atomic E-state index is -0.331. The van der Waals surface area contributed by atoms with Gasteiger partial charge in [0.25, 0.3) is 0 Å². The molecule has 240 valence electrons. The molecule has 11 heteroatoms. The Kier molecular flexibility index (Phi) is 9.73. The smallest absolute Gasteiger partial charge is 0.346 e. The highest BCUT2D eigenvalue weighted by molar-refractivity contribution is 6.06. The Morgan fingerprint density at radius 1 is 0.894 bits per heavy atom. The molecule has 0 aliphatic heterocycles. The second-order valence-corrected chi connectivity index (χ2v) is 10.8. The molecule has 0 atom stereocenters. The fourth-order valence-corrected chi connectivity index (χ4v) is 5.43. The number of carbonyl (C=O) groups is 1. The van der Waals surface area contributed by atoms with Crippen molar-refractivity contribution in [1.82, 2.24) is 30.1 Å². The van der Waals surface area contributed by atoms with Gasteiger partial charge in [-0.15, -0.1) is 0 Å². The topological polar surface area (TPSA) is 115 Å². The van der Waals surface area contributed by atoms with Crippen molar-refractivity contribution in [3.63, 3.8) is 0 Å². The van der Waals surface area contributed by atoms with E-state index in [1.54, 1.807) is 7.11 Å². The van der Waals surface area contributed by atoms with Gasteiger partial charge < -0.3 is 28.8 Å². The maximum Gasteiger partial charge on any atom is 0.346 e. The van der Waals surface area contributed by atoms with Gasteiger partial charge in [-0.2, -0.15) is 4.68 Å². The Morgan fingerprint density at radius 3 is 2.45 bits per heavy atom. The highest BCUT2D eigenvalue weighted by Gasteiger charge is 2.22. The molecule has 0 aliphatic rings. The first-order chi connectivity index (χ1) is 23.1. The number of ether oxygens (including phenoxy) is 4. The molecule has 0 radical (unpaired) electrons. The van der Waals surface area contributed by atoms with Gasteiger partial charge >= 0.3 is 12.0 Å². The van der Waals surface area contributed by atoms with Crippen LogP contribution in [0.25, 0.3) is 16.6 Å². The van der Waals surface area contributed by atoms with Crippen LogP contribution in [0.15, 0.2) is 97.1 Å². The molecule has 0 fully saturated rings. The minimum Gasteiger partial charge on any atom is -0.493 e. The largest absolute Gasteiger partial charge is 0.493 e. The molecule has 2 heterocycles. The highest BCUT2D eigenvalue weighted by Crippen LogP contribution is 2.33. The summed E-state index contributed by atoms with van der Waals surface area (Å²) in [5, 5.41) is 16.0. The number of nitrogens with zero attached hydrogens (tertiary/aromatic N) is 5. The number of benzene rings is 4. The molecule has 47 heavy (non-hydrogen) atoms. The van der Waals surface area contributed by atoms with Crippen molar-refractivity contribution in [2.45, 2.75) is 26.9 Å². The van der Waals surface area contributed by atoms with E-state index >= 15 is 0 Å². The molecule has 0 spiro atoms. The van der Waals surface area contributed by atoms with Crippen LogP contribution in [0.4, 0.5) is 0 Å². The van der Waals surface area contributed by atoms with E-state index in [-0.39, 0.29) is 12.0 Å². The first-order valence-corrected chi connectivity index (χ1v) is 15.4. The third-order valence-corrected chi connectivity index (χ3v) is 7.71. The van der Waals surface area contributed by atoms with Gasteiger partial charge in [-0.3, -0.25) is 0 Å². The normalized spacial score (nSPS) is 11.0. The average molecular weight is 633 g/mol. The second kappa shape index (κ2) is 14.6. The van der Waals surface area contributed by atoms with Gasteiger partial charge in [0.2, 0.25) is 0 Å². The number of hydrogen-bond acceptors (Lipinski definition) is 9. The molecule has 0 saturated heterocycles. The monoisotopic (exact) mass is 632 g/mol. The second-order valence-electron chi connectivity index (χ2n) is 10.8. The molecule has 0 bridgehead atoms. The van der Waals surface area contributed by atoms with E-state index in [4.69, 9.17) is 18.9 Å². The van der Waals surface area contributed by atoms with Crippen LogP contribution >= 0.6 is 0 Å². The number of para-hydroxylation sites is 1. The number of methoxy groups -OCH3 is 1. The predicted molar refractivity (Wildman–Crippen MR) is 178 cm³/mol. The van der Waals surface area contributed by atoms with E-state index in [0.717, 1.165) is 33.4 Å². The number of aromatic nitrogens is 5. The number of carbonyl (C=O) groups excluding carboxylic acids is 1. The van der Waals surface area contributed by atoms with Crippen LogP contribution in [0, 0.1) is 6.92 Å². The first kappa shape index (κ1) is 31.3. The van der Waals surface area contributed by atoms with E-state index in [1.807, 2.05) is 98.8 Å². The fourth-order valence-electron chi connectivity index (χ4n) is 5.43. The van der Waals surface area contributed by atoms with Crippen LogP contribution in [0.3, 0.4) is 0 Å². The summed E-state index contributed by atoms with van der Waals surface area (Å²) in [6.45, 7) is 6.36. The van der Waals surface area contributed by atoms with E-state index < -0.39 is 0 Å². The molecule has 6 rings (SSSR count). The molecule has 0 aliphatic carbocycles. The zero-order chi connectivity index (χ0) is 32.6. The van der Waals surface area contributed by atoms with Crippen molar-refractivity contribution >= 4 is 16.9 Å². The summed E-state index contributed by atoms with van der Waals surface area (Å²) in [4.78, 5) is 13.0. The molecule has 2 aromatic heterocycles. The van der Waals surface area contributed by atoms with Gasteiger partial charge in [0.05, 0.1) is 25.0 Å².